The lowest BCUT2D eigenvalue weighted by Crippen LogP contribution is -2.43. The fourth-order valence-electron chi connectivity index (χ4n) is 2.28. The summed E-state index contributed by atoms with van der Waals surface area (Å²) in [6.07, 6.45) is 3.15. The number of aromatic nitrogens is 2. The zero-order chi connectivity index (χ0) is 14.4. The molecule has 0 aromatic carbocycles. The van der Waals surface area contributed by atoms with E-state index in [0.717, 1.165) is 32.4 Å². The number of nitrogens with one attached hydrogen (secondary N) is 1. The van der Waals surface area contributed by atoms with Gasteiger partial charge in [0.25, 0.3) is 5.91 Å². The summed E-state index contributed by atoms with van der Waals surface area (Å²) >= 11 is 0. The number of piperidine rings is 1. The second-order valence-corrected chi connectivity index (χ2v) is 4.94. The Morgan fingerprint density at radius 3 is 3.00 bits per heavy atom. The molecule has 0 saturated carbocycles. The quantitative estimate of drug-likeness (QED) is 0.885. The predicted molar refractivity (Wildman–Crippen MR) is 76.7 cm³/mol. The number of carbonyl (C=O) groups excluding carboxylic acids is 1. The molecule has 1 aromatic rings. The molecule has 1 aliphatic rings. The molecule has 110 valence electrons. The highest BCUT2D eigenvalue weighted by atomic mass is 16.5. The third-order valence-corrected chi connectivity index (χ3v) is 3.36. The number of hydrogen-bond acceptors (Lipinski definition) is 5. The van der Waals surface area contributed by atoms with Crippen molar-refractivity contribution in [2.45, 2.75) is 32.3 Å². The summed E-state index contributed by atoms with van der Waals surface area (Å²) in [4.78, 5) is 14.2. The van der Waals surface area contributed by atoms with Crippen LogP contribution in [-0.2, 0) is 4.74 Å². The molecular weight excluding hydrogens is 256 g/mol. The van der Waals surface area contributed by atoms with E-state index in [-0.39, 0.29) is 12.0 Å². The summed E-state index contributed by atoms with van der Waals surface area (Å²) in [5, 5.41) is 10.8. The molecule has 0 spiro atoms. The van der Waals surface area contributed by atoms with Crippen LogP contribution in [-0.4, -0.2) is 53.9 Å². The van der Waals surface area contributed by atoms with Crippen LogP contribution in [0, 0.1) is 0 Å². The highest BCUT2D eigenvalue weighted by Gasteiger charge is 2.25. The first-order valence-electron chi connectivity index (χ1n) is 7.17. The summed E-state index contributed by atoms with van der Waals surface area (Å²) in [5.41, 5.74) is 0.389. The molecule has 6 heteroatoms. The van der Waals surface area contributed by atoms with Gasteiger partial charge in [-0.05, 0) is 31.4 Å². The van der Waals surface area contributed by atoms with Crippen molar-refractivity contribution >= 4 is 11.7 Å². The number of hydrogen-bond donors (Lipinski definition) is 1. The summed E-state index contributed by atoms with van der Waals surface area (Å²) in [5.74, 6) is 0.592. The van der Waals surface area contributed by atoms with Crippen LogP contribution >= 0.6 is 0 Å². The Kier molecular flexibility index (Phi) is 5.29. The van der Waals surface area contributed by atoms with Crippen molar-refractivity contribution in [3.05, 3.63) is 17.8 Å². The van der Waals surface area contributed by atoms with Crippen LogP contribution in [0.5, 0.6) is 0 Å². The van der Waals surface area contributed by atoms with Gasteiger partial charge in [-0.3, -0.25) is 4.79 Å². The van der Waals surface area contributed by atoms with E-state index in [4.69, 9.17) is 4.74 Å². The fourth-order valence-corrected chi connectivity index (χ4v) is 2.28. The van der Waals surface area contributed by atoms with E-state index in [2.05, 4.69) is 22.4 Å². The smallest absolute Gasteiger partial charge is 0.274 e. The predicted octanol–water partition coefficient (Wildman–Crippen LogP) is 1.55. The Bertz CT molecular complexity index is 435. The first kappa shape index (κ1) is 14.7. The molecule has 1 atom stereocenters. The Hall–Kier alpha value is -1.69. The molecule has 1 unspecified atom stereocenters. The minimum Gasteiger partial charge on any atom is -0.376 e. The zero-order valence-corrected chi connectivity index (χ0v) is 12.1. The van der Waals surface area contributed by atoms with Crippen LogP contribution in [0.15, 0.2) is 12.1 Å². The number of likely N-dealkylation sites (tertiary alicyclic amines) is 1. The van der Waals surface area contributed by atoms with Gasteiger partial charge in [0.15, 0.2) is 5.69 Å². The molecule has 0 radical (unpaired) electrons. The average molecular weight is 278 g/mol. The first-order valence-corrected chi connectivity index (χ1v) is 7.17. The van der Waals surface area contributed by atoms with Crippen molar-refractivity contribution in [3.8, 4) is 0 Å². The lowest BCUT2D eigenvalue weighted by Gasteiger charge is -2.32. The summed E-state index contributed by atoms with van der Waals surface area (Å²) in [6.45, 7) is 4.25. The van der Waals surface area contributed by atoms with Gasteiger partial charge in [-0.15, -0.1) is 10.2 Å². The molecule has 1 fully saturated rings. The van der Waals surface area contributed by atoms with E-state index in [1.807, 2.05) is 4.90 Å². The highest BCUT2D eigenvalue weighted by molar-refractivity contribution is 5.92. The van der Waals surface area contributed by atoms with E-state index in [9.17, 15) is 4.79 Å². The van der Waals surface area contributed by atoms with Gasteiger partial charge in [-0.2, -0.15) is 0 Å². The van der Waals surface area contributed by atoms with Crippen LogP contribution in [0.2, 0.25) is 0 Å². The van der Waals surface area contributed by atoms with Crippen molar-refractivity contribution in [3.63, 3.8) is 0 Å². The molecule has 0 aliphatic carbocycles. The molecule has 1 aromatic heterocycles. The van der Waals surface area contributed by atoms with Gasteiger partial charge in [0, 0.05) is 26.7 Å². The minimum absolute atomic E-state index is 0.0649. The van der Waals surface area contributed by atoms with Crippen LogP contribution in [0.4, 0.5) is 5.82 Å². The molecule has 2 rings (SSSR count). The van der Waals surface area contributed by atoms with Crippen molar-refractivity contribution in [1.82, 2.24) is 15.1 Å². The molecule has 1 saturated heterocycles. The van der Waals surface area contributed by atoms with Gasteiger partial charge in [0.2, 0.25) is 0 Å². The molecule has 2 heterocycles. The fraction of sp³-hybridized carbons (Fsp3) is 0.643. The lowest BCUT2D eigenvalue weighted by atomic mass is 10.1. The standard InChI is InChI=1S/C14H22N4O2/c1-3-9-20-11-5-4-8-18(10-11)14(19)12-6-7-13(15-2)17-16-12/h6-7,11H,3-5,8-10H2,1-2H3,(H,15,17). The maximum absolute atomic E-state index is 12.4. The Morgan fingerprint density at radius 1 is 1.50 bits per heavy atom. The lowest BCUT2D eigenvalue weighted by molar-refractivity contribution is 0.00189. The second-order valence-electron chi connectivity index (χ2n) is 4.94. The first-order chi connectivity index (χ1) is 9.74. The molecule has 6 nitrogen and oxygen atoms in total. The molecular formula is C14H22N4O2. The number of anilines is 1. The Morgan fingerprint density at radius 2 is 2.35 bits per heavy atom. The molecule has 1 N–H and O–H groups in total. The number of amides is 1. The van der Waals surface area contributed by atoms with E-state index in [0.29, 0.717) is 18.1 Å². The molecule has 1 aliphatic heterocycles. The van der Waals surface area contributed by atoms with Gasteiger partial charge in [-0.25, -0.2) is 0 Å². The molecule has 20 heavy (non-hydrogen) atoms. The SMILES string of the molecule is CCCOC1CCCN(C(=O)c2ccc(NC)nn2)C1. The zero-order valence-electron chi connectivity index (χ0n) is 12.1. The third-order valence-electron chi connectivity index (χ3n) is 3.36. The van der Waals surface area contributed by atoms with E-state index < -0.39 is 0 Å². The van der Waals surface area contributed by atoms with Crippen molar-refractivity contribution < 1.29 is 9.53 Å². The minimum atomic E-state index is -0.0649. The largest absolute Gasteiger partial charge is 0.376 e. The van der Waals surface area contributed by atoms with E-state index >= 15 is 0 Å². The van der Waals surface area contributed by atoms with E-state index in [1.54, 1.807) is 19.2 Å². The number of carbonyl (C=O) groups is 1. The van der Waals surface area contributed by atoms with Crippen molar-refractivity contribution in [2.75, 3.05) is 32.1 Å². The summed E-state index contributed by atoms with van der Waals surface area (Å²) in [7, 11) is 1.77. The van der Waals surface area contributed by atoms with Crippen LogP contribution < -0.4 is 5.32 Å². The average Bonchev–Trinajstić information content (AvgIpc) is 2.52. The van der Waals surface area contributed by atoms with Crippen LogP contribution in [0.1, 0.15) is 36.7 Å². The topological polar surface area (TPSA) is 67.3 Å². The Balaban J connectivity index is 1.96. The van der Waals surface area contributed by atoms with Gasteiger partial charge < -0.3 is 15.0 Å². The summed E-state index contributed by atoms with van der Waals surface area (Å²) in [6, 6.07) is 3.47. The second kappa shape index (κ2) is 7.19. The third kappa shape index (κ3) is 3.66. The Labute approximate surface area is 119 Å². The van der Waals surface area contributed by atoms with Gasteiger partial charge in [0.1, 0.15) is 5.82 Å². The maximum atomic E-state index is 12.4. The summed E-state index contributed by atoms with van der Waals surface area (Å²) < 4.78 is 5.74. The van der Waals surface area contributed by atoms with Crippen LogP contribution in [0.3, 0.4) is 0 Å². The van der Waals surface area contributed by atoms with Crippen molar-refractivity contribution in [1.29, 1.82) is 0 Å². The molecule has 0 bridgehead atoms. The monoisotopic (exact) mass is 278 g/mol. The highest BCUT2D eigenvalue weighted by Crippen LogP contribution is 2.16. The number of ether oxygens (including phenoxy) is 1. The number of nitrogens with zero attached hydrogens (tertiary/aromatic N) is 3. The molecule has 1 amide bonds. The maximum Gasteiger partial charge on any atom is 0.274 e. The van der Waals surface area contributed by atoms with Gasteiger partial charge >= 0.3 is 0 Å². The van der Waals surface area contributed by atoms with Gasteiger partial charge in [-0.1, -0.05) is 6.92 Å². The normalized spacial score (nSPS) is 18.9. The number of rotatable bonds is 5. The van der Waals surface area contributed by atoms with Crippen molar-refractivity contribution in [2.24, 2.45) is 0 Å². The van der Waals surface area contributed by atoms with Gasteiger partial charge in [0.05, 0.1) is 6.10 Å². The van der Waals surface area contributed by atoms with Crippen LogP contribution in [0.25, 0.3) is 0 Å². The van der Waals surface area contributed by atoms with E-state index in [1.165, 1.54) is 0 Å².